The number of nitrogens with one attached hydrogen (secondary N) is 1. The SMILES string of the molecule is O=C(NCC(=O)N1CC2(CC1C(=O)O)OCCO2)c1ccc(Oc2ccc(Cl)c(Cl)c2)o1. The molecule has 0 bridgehead atoms. The summed E-state index contributed by atoms with van der Waals surface area (Å²) in [7, 11) is 0. The summed E-state index contributed by atoms with van der Waals surface area (Å²) in [6.07, 6.45) is 0.0234. The molecule has 1 unspecified atom stereocenters. The number of benzene rings is 1. The molecule has 4 rings (SSSR count). The Hall–Kier alpha value is -2.79. The molecule has 170 valence electrons. The van der Waals surface area contributed by atoms with E-state index in [-0.39, 0.29) is 24.7 Å². The van der Waals surface area contributed by atoms with Gasteiger partial charge in [-0.2, -0.15) is 0 Å². The maximum Gasteiger partial charge on any atom is 0.326 e. The Bertz CT molecular complexity index is 1050. The second-order valence-electron chi connectivity index (χ2n) is 7.17. The molecule has 2 aliphatic heterocycles. The van der Waals surface area contributed by atoms with E-state index in [2.05, 4.69) is 5.32 Å². The molecular weight excluding hydrogens is 467 g/mol. The quantitative estimate of drug-likeness (QED) is 0.639. The maximum absolute atomic E-state index is 12.6. The minimum atomic E-state index is -1.17. The van der Waals surface area contributed by atoms with E-state index in [0.717, 1.165) is 4.90 Å². The van der Waals surface area contributed by atoms with Crippen LogP contribution in [0.25, 0.3) is 0 Å². The van der Waals surface area contributed by atoms with Crippen LogP contribution in [0.3, 0.4) is 0 Å². The number of carboxylic acids is 1. The van der Waals surface area contributed by atoms with Crippen LogP contribution >= 0.6 is 23.2 Å². The van der Waals surface area contributed by atoms with Crippen molar-refractivity contribution in [2.24, 2.45) is 0 Å². The number of nitrogens with zero attached hydrogens (tertiary/aromatic N) is 1. The zero-order valence-corrected chi connectivity index (χ0v) is 18.0. The number of furan rings is 1. The van der Waals surface area contributed by atoms with Crippen LogP contribution in [0, 0.1) is 0 Å². The Labute approximate surface area is 191 Å². The Morgan fingerprint density at radius 3 is 2.59 bits per heavy atom. The van der Waals surface area contributed by atoms with E-state index in [4.69, 9.17) is 41.8 Å². The summed E-state index contributed by atoms with van der Waals surface area (Å²) < 4.78 is 21.9. The summed E-state index contributed by atoms with van der Waals surface area (Å²) in [5.41, 5.74) is 0. The molecule has 1 atom stereocenters. The van der Waals surface area contributed by atoms with Gasteiger partial charge < -0.3 is 34.0 Å². The average molecular weight is 485 g/mol. The molecule has 0 saturated carbocycles. The summed E-state index contributed by atoms with van der Waals surface area (Å²) in [6.45, 7) is 0.204. The lowest BCUT2D eigenvalue weighted by Crippen LogP contribution is -2.46. The molecule has 3 heterocycles. The highest BCUT2D eigenvalue weighted by Gasteiger charge is 2.52. The van der Waals surface area contributed by atoms with Crippen molar-refractivity contribution >= 4 is 41.0 Å². The normalized spacial score (nSPS) is 19.3. The van der Waals surface area contributed by atoms with Crippen molar-refractivity contribution < 1.29 is 38.1 Å². The van der Waals surface area contributed by atoms with Crippen molar-refractivity contribution in [2.45, 2.75) is 18.2 Å². The van der Waals surface area contributed by atoms with E-state index in [1.54, 1.807) is 12.1 Å². The van der Waals surface area contributed by atoms with Crippen LogP contribution in [0.4, 0.5) is 0 Å². The average Bonchev–Trinajstić information content (AvgIpc) is 3.50. The highest BCUT2D eigenvalue weighted by Crippen LogP contribution is 2.35. The van der Waals surface area contributed by atoms with Gasteiger partial charge >= 0.3 is 5.97 Å². The summed E-state index contributed by atoms with van der Waals surface area (Å²) in [5, 5.41) is 12.5. The first kappa shape index (κ1) is 22.4. The van der Waals surface area contributed by atoms with Gasteiger partial charge in [-0.15, -0.1) is 0 Å². The van der Waals surface area contributed by atoms with Crippen LogP contribution in [-0.2, 0) is 19.1 Å². The van der Waals surface area contributed by atoms with Gasteiger partial charge in [-0.05, 0) is 18.2 Å². The van der Waals surface area contributed by atoms with Gasteiger partial charge in [0.05, 0.1) is 36.3 Å². The monoisotopic (exact) mass is 484 g/mol. The lowest BCUT2D eigenvalue weighted by molar-refractivity contribution is -0.152. The fourth-order valence-electron chi connectivity index (χ4n) is 3.53. The Kier molecular flexibility index (Phi) is 6.29. The molecule has 12 heteroatoms. The topological polar surface area (TPSA) is 128 Å². The first-order chi connectivity index (χ1) is 15.3. The number of hydrogen-bond acceptors (Lipinski definition) is 7. The van der Waals surface area contributed by atoms with Crippen LogP contribution < -0.4 is 10.1 Å². The highest BCUT2D eigenvalue weighted by atomic mass is 35.5. The van der Waals surface area contributed by atoms with Gasteiger partial charge in [0.2, 0.25) is 5.91 Å². The number of ether oxygens (including phenoxy) is 3. The summed E-state index contributed by atoms with van der Waals surface area (Å²) in [5.74, 6) is -3.24. The van der Waals surface area contributed by atoms with Crippen LogP contribution in [-0.4, -0.2) is 65.9 Å². The molecule has 2 N–H and O–H groups in total. The fourth-order valence-corrected chi connectivity index (χ4v) is 3.81. The predicted molar refractivity (Wildman–Crippen MR) is 110 cm³/mol. The molecule has 10 nitrogen and oxygen atoms in total. The van der Waals surface area contributed by atoms with E-state index in [9.17, 15) is 19.5 Å². The Balaban J connectivity index is 1.34. The molecule has 32 heavy (non-hydrogen) atoms. The summed E-state index contributed by atoms with van der Waals surface area (Å²) >= 11 is 11.8. The second-order valence-corrected chi connectivity index (χ2v) is 7.98. The van der Waals surface area contributed by atoms with Gasteiger partial charge in [0.1, 0.15) is 11.8 Å². The predicted octanol–water partition coefficient (Wildman–Crippen LogP) is 2.54. The van der Waals surface area contributed by atoms with Crippen molar-refractivity contribution in [3.8, 4) is 11.7 Å². The van der Waals surface area contributed by atoms with Crippen molar-refractivity contribution in [3.05, 3.63) is 46.1 Å². The molecule has 2 fully saturated rings. The van der Waals surface area contributed by atoms with Crippen LogP contribution in [0.2, 0.25) is 10.0 Å². The maximum atomic E-state index is 12.6. The van der Waals surface area contributed by atoms with E-state index in [1.165, 1.54) is 18.2 Å². The molecule has 1 aromatic heterocycles. The van der Waals surface area contributed by atoms with E-state index in [0.29, 0.717) is 29.0 Å². The third-order valence-corrected chi connectivity index (χ3v) is 5.76. The second kappa shape index (κ2) is 8.99. The summed E-state index contributed by atoms with van der Waals surface area (Å²) in [6, 6.07) is 6.32. The molecule has 2 amide bonds. The number of carbonyl (C=O) groups excluding carboxylic acids is 2. The van der Waals surface area contributed by atoms with E-state index in [1.807, 2.05) is 0 Å². The van der Waals surface area contributed by atoms with Crippen molar-refractivity contribution in [3.63, 3.8) is 0 Å². The van der Waals surface area contributed by atoms with Crippen molar-refractivity contribution in [1.29, 1.82) is 0 Å². The lowest BCUT2D eigenvalue weighted by atomic mass is 10.1. The zero-order valence-electron chi connectivity index (χ0n) is 16.5. The van der Waals surface area contributed by atoms with Gasteiger partial charge in [0, 0.05) is 18.6 Å². The van der Waals surface area contributed by atoms with Gasteiger partial charge in [-0.3, -0.25) is 9.59 Å². The van der Waals surface area contributed by atoms with Crippen LogP contribution in [0.15, 0.2) is 34.7 Å². The molecule has 1 spiro atoms. The smallest absolute Gasteiger partial charge is 0.326 e. The first-order valence-electron chi connectivity index (χ1n) is 9.57. The number of aliphatic carboxylic acids is 1. The van der Waals surface area contributed by atoms with Crippen molar-refractivity contribution in [1.82, 2.24) is 10.2 Å². The minimum Gasteiger partial charge on any atom is -0.480 e. The number of carbonyl (C=O) groups is 3. The van der Waals surface area contributed by atoms with Gasteiger partial charge in [-0.25, -0.2) is 4.79 Å². The van der Waals surface area contributed by atoms with E-state index < -0.39 is 36.2 Å². The molecule has 1 aromatic carbocycles. The third-order valence-electron chi connectivity index (χ3n) is 5.03. The largest absolute Gasteiger partial charge is 0.480 e. The van der Waals surface area contributed by atoms with Crippen LogP contribution in [0.5, 0.6) is 11.7 Å². The van der Waals surface area contributed by atoms with E-state index >= 15 is 0 Å². The lowest BCUT2D eigenvalue weighted by Gasteiger charge is -2.23. The number of amides is 2. The zero-order chi connectivity index (χ0) is 22.9. The molecule has 0 aliphatic carbocycles. The minimum absolute atomic E-state index is 0.0234. The molecule has 0 radical (unpaired) electrons. The van der Waals surface area contributed by atoms with Gasteiger partial charge in [-0.1, -0.05) is 23.2 Å². The molecule has 2 saturated heterocycles. The van der Waals surface area contributed by atoms with Gasteiger partial charge in [0.25, 0.3) is 11.9 Å². The third kappa shape index (κ3) is 4.68. The Morgan fingerprint density at radius 2 is 1.91 bits per heavy atom. The summed E-state index contributed by atoms with van der Waals surface area (Å²) in [4.78, 5) is 37.7. The van der Waals surface area contributed by atoms with Crippen LogP contribution in [0.1, 0.15) is 17.0 Å². The molecule has 2 aromatic rings. The number of rotatable bonds is 6. The highest BCUT2D eigenvalue weighted by molar-refractivity contribution is 6.42. The first-order valence-corrected chi connectivity index (χ1v) is 10.3. The Morgan fingerprint density at radius 1 is 1.16 bits per heavy atom. The number of carboxylic acid groups (broad SMARTS) is 1. The number of likely N-dealkylation sites (tertiary alicyclic amines) is 1. The molecule has 2 aliphatic rings. The van der Waals surface area contributed by atoms with Crippen molar-refractivity contribution in [2.75, 3.05) is 26.3 Å². The fraction of sp³-hybridized carbons (Fsp3) is 0.350. The van der Waals surface area contributed by atoms with Gasteiger partial charge in [0.15, 0.2) is 11.5 Å². The number of halogens is 2. The standard InChI is InChI=1S/C20H18Cl2N2O8/c21-12-2-1-11(7-13(12)22)31-17-4-3-15(32-17)18(26)23-9-16(25)24-10-20(29-5-6-30-20)8-14(24)19(27)28/h1-4,7,14H,5-6,8-10H2,(H,23,26)(H,27,28). The molecular formula is C20H18Cl2N2O8. The number of hydrogen-bond donors (Lipinski definition) is 2.